The lowest BCUT2D eigenvalue weighted by atomic mass is 10.2. The monoisotopic (exact) mass is 429 g/mol. The van der Waals surface area contributed by atoms with Crippen LogP contribution in [0.3, 0.4) is 0 Å². The van der Waals surface area contributed by atoms with E-state index in [0.717, 1.165) is 23.4 Å². The van der Waals surface area contributed by atoms with Crippen molar-refractivity contribution in [1.29, 1.82) is 0 Å². The van der Waals surface area contributed by atoms with Crippen molar-refractivity contribution in [1.82, 2.24) is 14.5 Å². The van der Waals surface area contributed by atoms with E-state index in [4.69, 9.17) is 11.6 Å². The number of nitrogens with zero attached hydrogens (tertiary/aromatic N) is 2. The van der Waals surface area contributed by atoms with Gasteiger partial charge in [0.1, 0.15) is 0 Å². The molecule has 0 atom stereocenters. The van der Waals surface area contributed by atoms with Gasteiger partial charge < -0.3 is 0 Å². The number of aromatic nitrogens is 2. The fourth-order valence-electron chi connectivity index (χ4n) is 2.51. The van der Waals surface area contributed by atoms with Gasteiger partial charge in [-0.3, -0.25) is 0 Å². The number of halogens is 4. The molecule has 0 radical (unpaired) electrons. The fourth-order valence-corrected chi connectivity index (χ4v) is 3.80. The Labute approximate surface area is 164 Å². The Bertz CT molecular complexity index is 1070. The largest absolute Gasteiger partial charge is 0.417 e. The summed E-state index contributed by atoms with van der Waals surface area (Å²) in [6.45, 7) is 0.00674. The Morgan fingerprint density at radius 1 is 1.11 bits per heavy atom. The van der Waals surface area contributed by atoms with Gasteiger partial charge in [-0.15, -0.1) is 0 Å². The average molecular weight is 430 g/mol. The maximum atomic E-state index is 12.9. The van der Waals surface area contributed by atoms with Gasteiger partial charge in [-0.05, 0) is 42.3 Å². The molecule has 0 aliphatic carbocycles. The van der Waals surface area contributed by atoms with Gasteiger partial charge in [0.25, 0.3) is 0 Å². The molecule has 28 heavy (non-hydrogen) atoms. The molecule has 0 spiro atoms. The first kappa shape index (κ1) is 20.4. The van der Waals surface area contributed by atoms with Crippen molar-refractivity contribution < 1.29 is 21.6 Å². The second-order valence-electron chi connectivity index (χ2n) is 5.92. The highest BCUT2D eigenvalue weighted by Crippen LogP contribution is 2.35. The third kappa shape index (κ3) is 4.73. The third-order valence-electron chi connectivity index (χ3n) is 3.92. The first-order chi connectivity index (χ1) is 13.2. The van der Waals surface area contributed by atoms with Gasteiger partial charge in [0.05, 0.1) is 27.4 Å². The lowest BCUT2D eigenvalue weighted by Crippen LogP contribution is -2.26. The van der Waals surface area contributed by atoms with Crippen molar-refractivity contribution in [3.63, 3.8) is 0 Å². The molecule has 2 aromatic carbocycles. The molecule has 3 aromatic rings. The number of benzene rings is 2. The van der Waals surface area contributed by atoms with Crippen LogP contribution in [0.1, 0.15) is 11.1 Å². The van der Waals surface area contributed by atoms with Crippen LogP contribution in [-0.4, -0.2) is 24.7 Å². The summed E-state index contributed by atoms with van der Waals surface area (Å²) < 4.78 is 67.3. The van der Waals surface area contributed by atoms with E-state index < -0.39 is 31.7 Å². The van der Waals surface area contributed by atoms with Gasteiger partial charge >= 0.3 is 6.18 Å². The summed E-state index contributed by atoms with van der Waals surface area (Å²) >= 11 is 5.52. The highest BCUT2D eigenvalue weighted by Gasteiger charge is 2.34. The first-order valence-corrected chi connectivity index (χ1v) is 9.98. The highest BCUT2D eigenvalue weighted by molar-refractivity contribution is 7.89. The molecule has 1 N–H and O–H groups in total. The predicted molar refractivity (Wildman–Crippen MR) is 98.9 cm³/mol. The minimum absolute atomic E-state index is 0.00674. The van der Waals surface area contributed by atoms with Crippen LogP contribution in [0.25, 0.3) is 5.69 Å². The summed E-state index contributed by atoms with van der Waals surface area (Å²) in [5.41, 5.74) is 0.440. The quantitative estimate of drug-likeness (QED) is 0.642. The third-order valence-corrected chi connectivity index (χ3v) is 5.70. The zero-order chi connectivity index (χ0) is 20.4. The van der Waals surface area contributed by atoms with Crippen LogP contribution in [0, 0.1) is 0 Å². The second-order valence-corrected chi connectivity index (χ2v) is 8.09. The van der Waals surface area contributed by atoms with E-state index in [1.165, 1.54) is 0 Å². The van der Waals surface area contributed by atoms with Gasteiger partial charge in [-0.2, -0.15) is 18.3 Å². The molecule has 0 aliphatic rings. The standard InChI is InChI=1S/C18H15ClF3N3O2S/c19-17-7-6-15(10-16(17)18(20,21)22)28(26,27)24-9-8-13-11-23-25(12-13)14-4-2-1-3-5-14/h1-7,10-12,24H,8-9H2. The molecule has 0 amide bonds. The lowest BCUT2D eigenvalue weighted by Gasteiger charge is -2.12. The Kier molecular flexibility index (Phi) is 5.78. The predicted octanol–water partition coefficient (Wildman–Crippen LogP) is 4.07. The highest BCUT2D eigenvalue weighted by atomic mass is 35.5. The number of para-hydroxylation sites is 1. The zero-order valence-corrected chi connectivity index (χ0v) is 15.9. The van der Waals surface area contributed by atoms with Crippen LogP contribution in [0.15, 0.2) is 65.8 Å². The number of hydrogen-bond donors (Lipinski definition) is 1. The van der Waals surface area contributed by atoms with E-state index in [9.17, 15) is 21.6 Å². The Hall–Kier alpha value is -2.36. The van der Waals surface area contributed by atoms with Gasteiger partial charge in [0, 0.05) is 12.7 Å². The summed E-state index contributed by atoms with van der Waals surface area (Å²) in [7, 11) is -4.11. The van der Waals surface area contributed by atoms with Crippen LogP contribution in [-0.2, 0) is 22.6 Å². The van der Waals surface area contributed by atoms with Gasteiger partial charge in [-0.1, -0.05) is 29.8 Å². The number of alkyl halides is 3. The Balaban J connectivity index is 1.67. The molecule has 0 saturated carbocycles. The van der Waals surface area contributed by atoms with E-state index >= 15 is 0 Å². The minimum Gasteiger partial charge on any atom is -0.241 e. The number of hydrogen-bond acceptors (Lipinski definition) is 3. The zero-order valence-electron chi connectivity index (χ0n) is 14.3. The van der Waals surface area contributed by atoms with Gasteiger partial charge in [-0.25, -0.2) is 17.8 Å². The first-order valence-electron chi connectivity index (χ1n) is 8.12. The molecule has 0 bridgehead atoms. The van der Waals surface area contributed by atoms with Crippen molar-refractivity contribution in [3.05, 3.63) is 77.1 Å². The van der Waals surface area contributed by atoms with E-state index in [-0.39, 0.29) is 6.54 Å². The fraction of sp³-hybridized carbons (Fsp3) is 0.167. The van der Waals surface area contributed by atoms with Gasteiger partial charge in [0.2, 0.25) is 10.0 Å². The second kappa shape index (κ2) is 7.94. The Morgan fingerprint density at radius 3 is 2.50 bits per heavy atom. The molecule has 10 heteroatoms. The maximum Gasteiger partial charge on any atom is 0.417 e. The molecule has 0 saturated heterocycles. The van der Waals surface area contributed by atoms with Crippen molar-refractivity contribution in [2.24, 2.45) is 0 Å². The normalized spacial score (nSPS) is 12.3. The van der Waals surface area contributed by atoms with Crippen molar-refractivity contribution in [2.75, 3.05) is 6.54 Å². The van der Waals surface area contributed by atoms with Crippen LogP contribution in [0.5, 0.6) is 0 Å². The summed E-state index contributed by atoms with van der Waals surface area (Å²) in [6, 6.07) is 11.8. The summed E-state index contributed by atoms with van der Waals surface area (Å²) in [5, 5.41) is 3.65. The van der Waals surface area contributed by atoms with Crippen molar-refractivity contribution >= 4 is 21.6 Å². The smallest absolute Gasteiger partial charge is 0.241 e. The summed E-state index contributed by atoms with van der Waals surface area (Å²) in [6.07, 6.45) is -1.06. The Morgan fingerprint density at radius 2 is 1.82 bits per heavy atom. The maximum absolute atomic E-state index is 12.9. The molecule has 0 unspecified atom stereocenters. The van der Waals surface area contributed by atoms with Crippen LogP contribution >= 0.6 is 11.6 Å². The van der Waals surface area contributed by atoms with Crippen LogP contribution < -0.4 is 4.72 Å². The van der Waals surface area contributed by atoms with Gasteiger partial charge in [0.15, 0.2) is 0 Å². The van der Waals surface area contributed by atoms with Crippen molar-refractivity contribution in [2.45, 2.75) is 17.5 Å². The van der Waals surface area contributed by atoms with E-state index in [1.807, 2.05) is 30.3 Å². The summed E-state index contributed by atoms with van der Waals surface area (Å²) in [4.78, 5) is -0.496. The molecule has 1 heterocycles. The SMILES string of the molecule is O=S(=O)(NCCc1cnn(-c2ccccc2)c1)c1ccc(Cl)c(C(F)(F)F)c1. The molecule has 0 aliphatic heterocycles. The number of nitrogens with one attached hydrogen (secondary N) is 1. The molecular formula is C18H15ClF3N3O2S. The summed E-state index contributed by atoms with van der Waals surface area (Å²) in [5.74, 6) is 0. The lowest BCUT2D eigenvalue weighted by molar-refractivity contribution is -0.137. The number of sulfonamides is 1. The molecule has 5 nitrogen and oxygen atoms in total. The molecule has 0 fully saturated rings. The average Bonchev–Trinajstić information content (AvgIpc) is 3.10. The minimum atomic E-state index is -4.74. The van der Waals surface area contributed by atoms with Crippen LogP contribution in [0.2, 0.25) is 5.02 Å². The van der Waals surface area contributed by atoms with E-state index in [0.29, 0.717) is 12.5 Å². The van der Waals surface area contributed by atoms with Crippen LogP contribution in [0.4, 0.5) is 13.2 Å². The van der Waals surface area contributed by atoms with E-state index in [1.54, 1.807) is 17.1 Å². The van der Waals surface area contributed by atoms with E-state index in [2.05, 4.69) is 9.82 Å². The molecule has 3 rings (SSSR count). The molecular weight excluding hydrogens is 415 g/mol. The number of rotatable bonds is 6. The van der Waals surface area contributed by atoms with Crippen molar-refractivity contribution in [3.8, 4) is 5.69 Å². The molecule has 1 aromatic heterocycles. The molecule has 148 valence electrons. The topological polar surface area (TPSA) is 64.0 Å².